The van der Waals surface area contributed by atoms with Crippen molar-refractivity contribution in [3.8, 4) is 0 Å². The second-order valence-electron chi connectivity index (χ2n) is 6.45. The van der Waals surface area contributed by atoms with Crippen molar-refractivity contribution in [2.24, 2.45) is 27.9 Å². The summed E-state index contributed by atoms with van der Waals surface area (Å²) in [4.78, 5) is 61.4. The van der Waals surface area contributed by atoms with Crippen LogP contribution in [0, 0.1) is 0 Å². The van der Waals surface area contributed by atoms with E-state index >= 15 is 0 Å². The number of amides is 3. The number of primary amides is 1. The lowest BCUT2D eigenvalue weighted by molar-refractivity contribution is -0.142. The van der Waals surface area contributed by atoms with Crippen LogP contribution in [0.15, 0.2) is 4.99 Å². The van der Waals surface area contributed by atoms with Gasteiger partial charge in [-0.15, -0.1) is 0 Å². The van der Waals surface area contributed by atoms with Crippen molar-refractivity contribution in [1.29, 1.82) is 0 Å². The third kappa shape index (κ3) is 12.1. The summed E-state index contributed by atoms with van der Waals surface area (Å²) in [7, 11) is 0. The van der Waals surface area contributed by atoms with Crippen LogP contribution in [0.1, 0.15) is 38.5 Å². The summed E-state index contributed by atoms with van der Waals surface area (Å²) < 4.78 is 0. The van der Waals surface area contributed by atoms with E-state index < -0.39 is 47.8 Å². The van der Waals surface area contributed by atoms with Gasteiger partial charge in [-0.25, -0.2) is 4.79 Å². The Morgan fingerprint density at radius 3 is 1.93 bits per heavy atom. The molecule has 0 aromatic heterocycles. The van der Waals surface area contributed by atoms with Gasteiger partial charge in [0, 0.05) is 19.4 Å². The number of carboxylic acid groups (broad SMARTS) is 2. The van der Waals surface area contributed by atoms with E-state index in [0.29, 0.717) is 0 Å². The number of rotatable bonds is 15. The zero-order chi connectivity index (χ0) is 23.3. The first-order valence-electron chi connectivity index (χ1n) is 9.08. The third-order valence-corrected chi connectivity index (χ3v) is 3.88. The zero-order valence-corrected chi connectivity index (χ0v) is 16.4. The smallest absolute Gasteiger partial charge is 0.326 e. The predicted octanol–water partition coefficient (Wildman–Crippen LogP) is -3.45. The van der Waals surface area contributed by atoms with E-state index in [1.165, 1.54) is 0 Å². The molecule has 14 nitrogen and oxygen atoms in total. The zero-order valence-electron chi connectivity index (χ0n) is 16.4. The van der Waals surface area contributed by atoms with Gasteiger partial charge in [-0.3, -0.25) is 24.2 Å². The van der Waals surface area contributed by atoms with Crippen molar-refractivity contribution in [1.82, 2.24) is 10.6 Å². The molecule has 0 aliphatic heterocycles. The summed E-state index contributed by atoms with van der Waals surface area (Å²) in [5.41, 5.74) is 21.0. The molecule has 0 spiro atoms. The van der Waals surface area contributed by atoms with E-state index in [4.69, 9.17) is 28.0 Å². The molecule has 0 aromatic rings. The summed E-state index contributed by atoms with van der Waals surface area (Å²) in [6, 6.07) is -3.79. The van der Waals surface area contributed by atoms with Crippen LogP contribution in [0.3, 0.4) is 0 Å². The molecule has 0 aliphatic rings. The van der Waals surface area contributed by atoms with Crippen molar-refractivity contribution >= 4 is 35.6 Å². The van der Waals surface area contributed by atoms with Crippen molar-refractivity contribution in [3.63, 3.8) is 0 Å². The lowest BCUT2D eigenvalue weighted by Crippen LogP contribution is -2.54. The average molecular weight is 431 g/mol. The second kappa shape index (κ2) is 13.7. The monoisotopic (exact) mass is 431 g/mol. The van der Waals surface area contributed by atoms with Crippen LogP contribution in [0.4, 0.5) is 0 Å². The van der Waals surface area contributed by atoms with Crippen LogP contribution in [-0.4, -0.2) is 70.5 Å². The average Bonchev–Trinajstić information content (AvgIpc) is 2.64. The number of aliphatic carboxylic acids is 2. The summed E-state index contributed by atoms with van der Waals surface area (Å²) in [5, 5.41) is 22.5. The van der Waals surface area contributed by atoms with Crippen LogP contribution in [0.2, 0.25) is 0 Å². The van der Waals surface area contributed by atoms with E-state index in [-0.39, 0.29) is 51.0 Å². The Morgan fingerprint density at radius 2 is 1.43 bits per heavy atom. The maximum absolute atomic E-state index is 12.5. The van der Waals surface area contributed by atoms with Gasteiger partial charge < -0.3 is 43.8 Å². The fraction of sp³-hybridized carbons (Fsp3) is 0.625. The maximum Gasteiger partial charge on any atom is 0.326 e. The molecule has 0 fully saturated rings. The highest BCUT2D eigenvalue weighted by molar-refractivity contribution is 5.92. The molecule has 0 rings (SSSR count). The summed E-state index contributed by atoms with van der Waals surface area (Å²) >= 11 is 0. The van der Waals surface area contributed by atoms with Gasteiger partial charge in [-0.1, -0.05) is 0 Å². The molecule has 0 aliphatic carbocycles. The first-order chi connectivity index (χ1) is 13.9. The van der Waals surface area contributed by atoms with Gasteiger partial charge in [-0.05, 0) is 25.7 Å². The van der Waals surface area contributed by atoms with Crippen LogP contribution in [0.25, 0.3) is 0 Å². The van der Waals surface area contributed by atoms with E-state index in [2.05, 4.69) is 15.6 Å². The number of aliphatic imine (C=N–C) groups is 1. The largest absolute Gasteiger partial charge is 0.481 e. The number of carbonyl (C=O) groups is 5. The normalized spacial score (nSPS) is 13.4. The summed E-state index contributed by atoms with van der Waals surface area (Å²) in [6.45, 7) is 0.155. The molecule has 0 aromatic carbocycles. The second-order valence-corrected chi connectivity index (χ2v) is 6.45. The molecule has 0 heterocycles. The number of nitrogens with zero attached hydrogens (tertiary/aromatic N) is 1. The molecular formula is C16H29N7O7. The van der Waals surface area contributed by atoms with Gasteiger partial charge in [0.1, 0.15) is 12.1 Å². The summed E-state index contributed by atoms with van der Waals surface area (Å²) in [5.74, 6) is -5.02. The van der Waals surface area contributed by atoms with Crippen molar-refractivity contribution < 1.29 is 34.2 Å². The first kappa shape index (κ1) is 26.6. The number of nitrogens with two attached hydrogens (primary N) is 4. The first-order valence-corrected chi connectivity index (χ1v) is 9.08. The van der Waals surface area contributed by atoms with Gasteiger partial charge in [0.05, 0.1) is 6.04 Å². The fourth-order valence-corrected chi connectivity index (χ4v) is 2.28. The molecule has 3 amide bonds. The van der Waals surface area contributed by atoms with Gasteiger partial charge in [0.2, 0.25) is 17.7 Å². The van der Waals surface area contributed by atoms with E-state index in [1.54, 1.807) is 0 Å². The SMILES string of the molecule is NC(=O)CC[C@H](NC(=O)[C@@H](N)CCC(=O)O)C(=O)N[C@@H](CCCN=C(N)N)C(=O)O. The Morgan fingerprint density at radius 1 is 0.833 bits per heavy atom. The van der Waals surface area contributed by atoms with E-state index in [0.717, 1.165) is 0 Å². The van der Waals surface area contributed by atoms with Crippen LogP contribution >= 0.6 is 0 Å². The van der Waals surface area contributed by atoms with Crippen LogP contribution in [-0.2, 0) is 24.0 Å². The number of nitrogens with one attached hydrogen (secondary N) is 2. The van der Waals surface area contributed by atoms with Gasteiger partial charge >= 0.3 is 11.9 Å². The molecule has 3 atom stereocenters. The highest BCUT2D eigenvalue weighted by atomic mass is 16.4. The maximum atomic E-state index is 12.5. The highest BCUT2D eigenvalue weighted by Crippen LogP contribution is 2.04. The molecule has 0 saturated heterocycles. The Kier molecular flexibility index (Phi) is 12.1. The van der Waals surface area contributed by atoms with Crippen LogP contribution in [0.5, 0.6) is 0 Å². The standard InChI is InChI=1S/C16H29N7O7/c17-8(3-6-12(25)26)13(27)22-9(4-5-11(18)24)14(28)23-10(15(29)30)2-1-7-21-16(19)20/h8-10H,1-7,17H2,(H2,18,24)(H,22,27)(H,23,28)(H,25,26)(H,29,30)(H4,19,20,21)/t8-,9-,10-/m0/s1. The number of carboxylic acids is 2. The molecule has 12 N–H and O–H groups in total. The minimum atomic E-state index is -1.31. The third-order valence-electron chi connectivity index (χ3n) is 3.88. The Balaban J connectivity index is 5.05. The fourth-order valence-electron chi connectivity index (χ4n) is 2.28. The molecule has 0 bridgehead atoms. The Labute approximate surface area is 172 Å². The van der Waals surface area contributed by atoms with Crippen LogP contribution < -0.4 is 33.6 Å². The minimum Gasteiger partial charge on any atom is -0.481 e. The molecule has 170 valence electrons. The topological polar surface area (TPSA) is 266 Å². The predicted molar refractivity (Wildman–Crippen MR) is 105 cm³/mol. The van der Waals surface area contributed by atoms with Gasteiger partial charge in [0.25, 0.3) is 0 Å². The van der Waals surface area contributed by atoms with Gasteiger partial charge in [0.15, 0.2) is 5.96 Å². The molecular weight excluding hydrogens is 402 g/mol. The van der Waals surface area contributed by atoms with Gasteiger partial charge in [-0.2, -0.15) is 0 Å². The number of hydrogen-bond acceptors (Lipinski definition) is 7. The molecule has 30 heavy (non-hydrogen) atoms. The minimum absolute atomic E-state index is 0.00641. The Bertz CT molecular complexity index is 664. The number of guanidine groups is 1. The van der Waals surface area contributed by atoms with Crippen molar-refractivity contribution in [3.05, 3.63) is 0 Å². The highest BCUT2D eigenvalue weighted by Gasteiger charge is 2.28. The quantitative estimate of drug-likeness (QED) is 0.0721. The molecule has 0 unspecified atom stereocenters. The van der Waals surface area contributed by atoms with Crippen molar-refractivity contribution in [2.45, 2.75) is 56.7 Å². The number of carbonyl (C=O) groups excluding carboxylic acids is 3. The lowest BCUT2D eigenvalue weighted by atomic mass is 10.1. The lowest BCUT2D eigenvalue weighted by Gasteiger charge is -2.22. The molecule has 0 radical (unpaired) electrons. The Hall–Kier alpha value is -3.42. The molecule has 0 saturated carbocycles. The van der Waals surface area contributed by atoms with E-state index in [9.17, 15) is 29.1 Å². The molecule has 14 heteroatoms. The number of hydrogen-bond donors (Lipinski definition) is 8. The summed E-state index contributed by atoms with van der Waals surface area (Å²) in [6.07, 6.45) is -0.721. The van der Waals surface area contributed by atoms with E-state index in [1.807, 2.05) is 0 Å². The van der Waals surface area contributed by atoms with Crippen molar-refractivity contribution in [2.75, 3.05) is 6.54 Å².